The Bertz CT molecular complexity index is 468. The van der Waals surface area contributed by atoms with E-state index in [4.69, 9.17) is 4.74 Å². The molecule has 2 N–H and O–H groups in total. The van der Waals surface area contributed by atoms with Crippen LogP contribution in [-0.2, 0) is 14.3 Å². The first kappa shape index (κ1) is 25.4. The molecule has 6 heteroatoms. The van der Waals surface area contributed by atoms with Crippen LogP contribution in [0.2, 0.25) is 0 Å². The van der Waals surface area contributed by atoms with Crippen LogP contribution in [0.25, 0.3) is 0 Å². The van der Waals surface area contributed by atoms with Crippen LogP contribution < -0.4 is 10.6 Å². The Hall–Kier alpha value is -1.66. The van der Waals surface area contributed by atoms with Gasteiger partial charge in [-0.3, -0.25) is 14.5 Å². The number of ether oxygens (including phenoxy) is 1. The number of epoxide rings is 1. The lowest BCUT2D eigenvalue weighted by atomic mass is 10.1. The van der Waals surface area contributed by atoms with Gasteiger partial charge in [-0.15, -0.1) is 13.2 Å². The van der Waals surface area contributed by atoms with Crippen molar-refractivity contribution in [2.45, 2.75) is 83.4 Å². The van der Waals surface area contributed by atoms with Crippen LogP contribution in [0.3, 0.4) is 0 Å². The van der Waals surface area contributed by atoms with Gasteiger partial charge in [0.25, 0.3) is 0 Å². The van der Waals surface area contributed by atoms with Crippen molar-refractivity contribution in [3.63, 3.8) is 0 Å². The molecule has 0 aliphatic carbocycles. The summed E-state index contributed by atoms with van der Waals surface area (Å²) in [5.74, 6) is 0.202. The van der Waals surface area contributed by atoms with E-state index in [0.29, 0.717) is 25.9 Å². The molecule has 1 fully saturated rings. The molecule has 1 saturated heterocycles. The highest BCUT2D eigenvalue weighted by molar-refractivity contribution is 5.76. The summed E-state index contributed by atoms with van der Waals surface area (Å²) in [6.07, 6.45) is 10.9. The van der Waals surface area contributed by atoms with Crippen LogP contribution in [0, 0.1) is 0 Å². The van der Waals surface area contributed by atoms with E-state index in [1.54, 1.807) is 0 Å². The molecule has 6 nitrogen and oxygen atoms in total. The molecule has 0 bridgehead atoms. The highest BCUT2D eigenvalue weighted by Gasteiger charge is 2.30. The highest BCUT2D eigenvalue weighted by Crippen LogP contribution is 2.15. The van der Waals surface area contributed by atoms with Gasteiger partial charge in [0, 0.05) is 44.6 Å². The number of carbonyl (C=O) groups excluding carboxylic acids is 2. The smallest absolute Gasteiger partial charge is 0.220 e. The number of rotatable bonds is 18. The molecule has 0 aromatic rings. The Balaban J connectivity index is 2.36. The third-order valence-electron chi connectivity index (χ3n) is 5.26. The van der Waals surface area contributed by atoms with Crippen LogP contribution in [0.15, 0.2) is 25.3 Å². The van der Waals surface area contributed by atoms with Gasteiger partial charge in [-0.1, -0.05) is 12.2 Å². The minimum absolute atomic E-state index is 0.101. The number of hydrogen-bond donors (Lipinski definition) is 2. The van der Waals surface area contributed by atoms with Crippen molar-refractivity contribution in [1.29, 1.82) is 0 Å². The van der Waals surface area contributed by atoms with E-state index in [1.807, 2.05) is 12.2 Å². The molecule has 0 aromatic carbocycles. The molecule has 3 atom stereocenters. The van der Waals surface area contributed by atoms with Crippen molar-refractivity contribution in [2.24, 2.45) is 0 Å². The fourth-order valence-electron chi connectivity index (χ4n) is 3.29. The van der Waals surface area contributed by atoms with E-state index < -0.39 is 0 Å². The molecule has 2 amide bonds. The molecule has 29 heavy (non-hydrogen) atoms. The predicted molar refractivity (Wildman–Crippen MR) is 119 cm³/mol. The van der Waals surface area contributed by atoms with Crippen molar-refractivity contribution in [2.75, 3.05) is 26.2 Å². The predicted octanol–water partition coefficient (Wildman–Crippen LogP) is 3.19. The zero-order chi connectivity index (χ0) is 21.5. The van der Waals surface area contributed by atoms with Gasteiger partial charge in [-0.25, -0.2) is 0 Å². The van der Waals surface area contributed by atoms with Crippen LogP contribution in [-0.4, -0.2) is 61.1 Å². The summed E-state index contributed by atoms with van der Waals surface area (Å²) >= 11 is 0. The van der Waals surface area contributed by atoms with Crippen molar-refractivity contribution in [3.8, 4) is 0 Å². The number of nitrogens with zero attached hydrogens (tertiary/aromatic N) is 1. The second-order valence-electron chi connectivity index (χ2n) is 8.03. The van der Waals surface area contributed by atoms with Gasteiger partial charge in [0.05, 0.1) is 12.7 Å². The molecule has 0 spiro atoms. The molecule has 1 heterocycles. The maximum Gasteiger partial charge on any atom is 0.220 e. The Morgan fingerprint density at radius 3 is 1.79 bits per heavy atom. The summed E-state index contributed by atoms with van der Waals surface area (Å²) in [5.41, 5.74) is 0. The van der Waals surface area contributed by atoms with Crippen molar-refractivity contribution < 1.29 is 14.3 Å². The van der Waals surface area contributed by atoms with E-state index in [2.05, 4.69) is 42.5 Å². The maximum absolute atomic E-state index is 12.1. The van der Waals surface area contributed by atoms with Crippen LogP contribution in [0.4, 0.5) is 0 Å². The van der Waals surface area contributed by atoms with Crippen molar-refractivity contribution >= 4 is 11.8 Å². The lowest BCUT2D eigenvalue weighted by Crippen LogP contribution is -2.51. The third kappa shape index (κ3) is 12.5. The Morgan fingerprint density at radius 1 is 0.966 bits per heavy atom. The number of nitrogens with one attached hydrogen (secondary N) is 2. The second-order valence-corrected chi connectivity index (χ2v) is 8.03. The zero-order valence-corrected chi connectivity index (χ0v) is 18.5. The van der Waals surface area contributed by atoms with Crippen LogP contribution >= 0.6 is 0 Å². The molecule has 1 rings (SSSR count). The quantitative estimate of drug-likeness (QED) is 0.208. The van der Waals surface area contributed by atoms with Crippen LogP contribution in [0.1, 0.15) is 65.2 Å². The number of allylic oxidation sites excluding steroid dienone is 2. The average molecular weight is 408 g/mol. The molecule has 1 aliphatic rings. The Labute approximate surface area is 177 Å². The van der Waals surface area contributed by atoms with Gasteiger partial charge in [-0.2, -0.15) is 0 Å². The molecule has 0 saturated carbocycles. The Morgan fingerprint density at radius 2 is 1.41 bits per heavy atom. The molecular formula is C23H41N3O3. The largest absolute Gasteiger partial charge is 0.372 e. The van der Waals surface area contributed by atoms with E-state index in [1.165, 1.54) is 0 Å². The number of unbranched alkanes of at least 4 members (excludes halogenated alkanes) is 4. The first-order chi connectivity index (χ1) is 14.0. The van der Waals surface area contributed by atoms with Crippen molar-refractivity contribution in [1.82, 2.24) is 15.5 Å². The second kappa shape index (κ2) is 15.2. The zero-order valence-electron chi connectivity index (χ0n) is 18.5. The van der Waals surface area contributed by atoms with Crippen LogP contribution in [0.5, 0.6) is 0 Å². The minimum atomic E-state index is 0.101. The summed E-state index contributed by atoms with van der Waals surface area (Å²) in [7, 11) is 0. The summed E-state index contributed by atoms with van der Waals surface area (Å²) in [6.45, 7) is 14.5. The fourth-order valence-corrected chi connectivity index (χ4v) is 3.29. The first-order valence-corrected chi connectivity index (χ1v) is 11.1. The highest BCUT2D eigenvalue weighted by atomic mass is 16.6. The van der Waals surface area contributed by atoms with E-state index >= 15 is 0 Å². The normalized spacial score (nSPS) is 17.4. The first-order valence-electron chi connectivity index (χ1n) is 11.1. The number of amides is 2. The lowest BCUT2D eigenvalue weighted by molar-refractivity contribution is -0.121. The van der Waals surface area contributed by atoms with Gasteiger partial charge >= 0.3 is 0 Å². The number of hydrogen-bond acceptors (Lipinski definition) is 4. The summed E-state index contributed by atoms with van der Waals surface area (Å²) in [5, 5.41) is 6.10. The molecule has 1 aliphatic heterocycles. The van der Waals surface area contributed by atoms with E-state index in [9.17, 15) is 9.59 Å². The van der Waals surface area contributed by atoms with Gasteiger partial charge in [0.1, 0.15) is 0 Å². The monoisotopic (exact) mass is 407 g/mol. The maximum atomic E-state index is 12.1. The molecule has 166 valence electrons. The molecule has 0 radical (unpaired) electrons. The third-order valence-corrected chi connectivity index (χ3v) is 5.26. The summed E-state index contributed by atoms with van der Waals surface area (Å²) in [6, 6.07) is 0.353. The van der Waals surface area contributed by atoms with Gasteiger partial charge in [0.2, 0.25) is 11.8 Å². The topological polar surface area (TPSA) is 74.0 Å². The SMILES string of the molecule is C=CCCCCC(=O)NCC(C)N(CC1CO1)C(C)CNC(=O)CCCCC=C. The summed E-state index contributed by atoms with van der Waals surface area (Å²) in [4.78, 5) is 26.4. The average Bonchev–Trinajstić information content (AvgIpc) is 3.53. The minimum Gasteiger partial charge on any atom is -0.372 e. The summed E-state index contributed by atoms with van der Waals surface area (Å²) < 4.78 is 5.41. The van der Waals surface area contributed by atoms with Gasteiger partial charge in [0.15, 0.2) is 0 Å². The molecule has 3 unspecified atom stereocenters. The molecule has 0 aromatic heterocycles. The number of carbonyl (C=O) groups is 2. The van der Waals surface area contributed by atoms with Gasteiger partial charge in [-0.05, 0) is 52.4 Å². The lowest BCUT2D eigenvalue weighted by Gasteiger charge is -2.34. The molecular weight excluding hydrogens is 366 g/mol. The van der Waals surface area contributed by atoms with E-state index in [-0.39, 0.29) is 30.0 Å². The fraction of sp³-hybridized carbons (Fsp3) is 0.739. The Kier molecular flexibility index (Phi) is 13.3. The standard InChI is InChI=1S/C23H41N3O3/c1-5-7-9-11-13-22(27)24-15-19(3)26(17-21-18-29-21)20(4)16-25-23(28)14-12-10-8-6-2/h5-6,19-21H,1-2,7-18H2,3-4H3,(H,24,27)(H,25,28). The van der Waals surface area contributed by atoms with Gasteiger partial charge < -0.3 is 15.4 Å². The van der Waals surface area contributed by atoms with Crippen molar-refractivity contribution in [3.05, 3.63) is 25.3 Å². The van der Waals surface area contributed by atoms with E-state index in [0.717, 1.165) is 51.7 Å².